The van der Waals surface area contributed by atoms with E-state index in [4.69, 9.17) is 16.3 Å². The Labute approximate surface area is 143 Å². The minimum absolute atomic E-state index is 0.333. The second-order valence-electron chi connectivity index (χ2n) is 4.80. The van der Waals surface area contributed by atoms with Gasteiger partial charge in [-0.25, -0.2) is 4.79 Å². The fourth-order valence-corrected chi connectivity index (χ4v) is 3.37. The first-order valence-corrected chi connectivity index (χ1v) is 8.50. The molecule has 0 radical (unpaired) electrons. The molecule has 2 aromatic carbocycles. The smallest absolute Gasteiger partial charge is 0.353 e. The Hall–Kier alpha value is -1.98. The van der Waals surface area contributed by atoms with Crippen LogP contribution in [0.5, 0.6) is 5.75 Å². The largest absolute Gasteiger partial charge is 0.495 e. The molecule has 0 saturated carbocycles. The summed E-state index contributed by atoms with van der Waals surface area (Å²) in [6.45, 7) is 2.04. The zero-order valence-corrected chi connectivity index (χ0v) is 14.3. The topological polar surface area (TPSA) is 44.1 Å². The van der Waals surface area contributed by atoms with Crippen LogP contribution in [0, 0.1) is 0 Å². The molecule has 0 bridgehead atoms. The molecule has 0 atom stereocenters. The number of ether oxygens (including phenoxy) is 1. The first-order valence-electron chi connectivity index (χ1n) is 7.14. The van der Waals surface area contributed by atoms with Gasteiger partial charge in [-0.3, -0.25) is 4.57 Å². The number of hydrogen-bond acceptors (Lipinski definition) is 4. The average Bonchev–Trinajstić information content (AvgIpc) is 2.56. The number of benzene rings is 2. The predicted octanol–water partition coefficient (Wildman–Crippen LogP) is 4.16. The molecule has 0 spiro atoms. The van der Waals surface area contributed by atoms with Crippen LogP contribution in [-0.4, -0.2) is 22.4 Å². The number of fused-ring (bicyclic) bond motifs is 1. The molecule has 0 fully saturated rings. The van der Waals surface area contributed by atoms with Gasteiger partial charge in [0.25, 0.3) is 0 Å². The van der Waals surface area contributed by atoms with Gasteiger partial charge in [0.1, 0.15) is 10.8 Å². The first kappa shape index (κ1) is 15.9. The number of halogens is 1. The number of rotatable bonds is 4. The quantitative estimate of drug-likeness (QED) is 0.525. The highest BCUT2D eigenvalue weighted by molar-refractivity contribution is 7.99. The van der Waals surface area contributed by atoms with Gasteiger partial charge in [-0.15, -0.1) is 11.8 Å². The van der Waals surface area contributed by atoms with E-state index in [-0.39, 0.29) is 5.69 Å². The van der Waals surface area contributed by atoms with Gasteiger partial charge < -0.3 is 4.74 Å². The summed E-state index contributed by atoms with van der Waals surface area (Å²) in [6, 6.07) is 12.9. The van der Waals surface area contributed by atoms with Crippen LogP contribution in [0.1, 0.15) is 6.92 Å². The maximum atomic E-state index is 12.6. The van der Waals surface area contributed by atoms with Crippen LogP contribution < -0.4 is 10.4 Å². The molecule has 0 amide bonds. The summed E-state index contributed by atoms with van der Waals surface area (Å²) in [5.41, 5.74) is 1.09. The van der Waals surface area contributed by atoms with Crippen molar-refractivity contribution >= 4 is 34.3 Å². The third-order valence-corrected chi connectivity index (χ3v) is 4.54. The fourth-order valence-electron chi connectivity index (χ4n) is 2.47. The predicted molar refractivity (Wildman–Crippen MR) is 95.3 cm³/mol. The molecule has 6 heteroatoms. The Morgan fingerprint density at radius 3 is 2.78 bits per heavy atom. The number of para-hydroxylation sites is 1. The van der Waals surface area contributed by atoms with Crippen LogP contribution in [0.15, 0.2) is 52.3 Å². The van der Waals surface area contributed by atoms with Gasteiger partial charge in [-0.1, -0.05) is 36.7 Å². The van der Waals surface area contributed by atoms with Crippen molar-refractivity contribution in [1.82, 2.24) is 9.55 Å². The fraction of sp³-hybridized carbons (Fsp3) is 0.176. The summed E-state index contributed by atoms with van der Waals surface area (Å²) in [6.07, 6.45) is 0. The van der Waals surface area contributed by atoms with Crippen molar-refractivity contribution in [2.75, 3.05) is 12.9 Å². The van der Waals surface area contributed by atoms with Crippen LogP contribution >= 0.6 is 23.4 Å². The molecule has 0 saturated heterocycles. The summed E-state index contributed by atoms with van der Waals surface area (Å²) in [7, 11) is 1.55. The molecule has 23 heavy (non-hydrogen) atoms. The van der Waals surface area contributed by atoms with Crippen molar-refractivity contribution in [3.8, 4) is 11.4 Å². The van der Waals surface area contributed by atoms with E-state index in [0.29, 0.717) is 16.5 Å². The average molecular weight is 347 g/mol. The van der Waals surface area contributed by atoms with E-state index in [1.54, 1.807) is 41.6 Å². The van der Waals surface area contributed by atoms with Crippen molar-refractivity contribution in [3.63, 3.8) is 0 Å². The highest BCUT2D eigenvalue weighted by Crippen LogP contribution is 2.30. The first-order chi connectivity index (χ1) is 11.2. The lowest BCUT2D eigenvalue weighted by atomic mass is 10.2. The summed E-state index contributed by atoms with van der Waals surface area (Å²) in [5.74, 6) is 1.38. The summed E-state index contributed by atoms with van der Waals surface area (Å²) >= 11 is 7.58. The third kappa shape index (κ3) is 2.94. The van der Waals surface area contributed by atoms with Gasteiger partial charge in [-0.2, -0.15) is 4.98 Å². The second kappa shape index (κ2) is 6.64. The minimum Gasteiger partial charge on any atom is -0.495 e. The zero-order chi connectivity index (χ0) is 16.4. The molecule has 0 aliphatic heterocycles. The van der Waals surface area contributed by atoms with E-state index < -0.39 is 0 Å². The monoisotopic (exact) mass is 346 g/mol. The van der Waals surface area contributed by atoms with Crippen LogP contribution in [0.3, 0.4) is 0 Å². The lowest BCUT2D eigenvalue weighted by Gasteiger charge is -2.15. The molecular formula is C17H15ClN2O2S. The van der Waals surface area contributed by atoms with Gasteiger partial charge in [0.15, 0.2) is 0 Å². The van der Waals surface area contributed by atoms with Gasteiger partial charge in [0.05, 0.1) is 18.3 Å². The Morgan fingerprint density at radius 1 is 1.26 bits per heavy atom. The number of aromatic nitrogens is 2. The Balaban J connectivity index is 2.37. The molecule has 4 nitrogen and oxygen atoms in total. The zero-order valence-electron chi connectivity index (χ0n) is 12.7. The van der Waals surface area contributed by atoms with Crippen molar-refractivity contribution in [2.45, 2.75) is 11.9 Å². The van der Waals surface area contributed by atoms with Crippen molar-refractivity contribution in [3.05, 3.63) is 58.0 Å². The molecular weight excluding hydrogens is 332 g/mol. The van der Waals surface area contributed by atoms with Crippen LogP contribution in [0.2, 0.25) is 5.02 Å². The molecule has 1 aromatic heterocycles. The normalized spacial score (nSPS) is 10.9. The van der Waals surface area contributed by atoms with E-state index in [0.717, 1.165) is 21.7 Å². The molecule has 1 heterocycles. The van der Waals surface area contributed by atoms with Crippen LogP contribution in [-0.2, 0) is 0 Å². The number of nitrogens with zero attached hydrogens (tertiary/aromatic N) is 2. The Morgan fingerprint density at radius 2 is 2.04 bits per heavy atom. The van der Waals surface area contributed by atoms with E-state index in [9.17, 15) is 4.79 Å². The molecule has 0 aliphatic carbocycles. The summed E-state index contributed by atoms with van der Waals surface area (Å²) < 4.78 is 6.94. The lowest BCUT2D eigenvalue weighted by molar-refractivity contribution is 0.412. The summed E-state index contributed by atoms with van der Waals surface area (Å²) in [4.78, 5) is 16.9. The Bertz CT molecular complexity index is 924. The van der Waals surface area contributed by atoms with E-state index in [1.165, 1.54) is 0 Å². The second-order valence-corrected chi connectivity index (χ2v) is 6.49. The molecule has 118 valence electrons. The number of hydrogen-bond donors (Lipinski definition) is 0. The Kier molecular flexibility index (Phi) is 4.59. The maximum Gasteiger partial charge on any atom is 0.353 e. The molecule has 0 unspecified atom stereocenters. The van der Waals surface area contributed by atoms with Crippen LogP contribution in [0.4, 0.5) is 0 Å². The van der Waals surface area contributed by atoms with Gasteiger partial charge in [0, 0.05) is 16.5 Å². The van der Waals surface area contributed by atoms with E-state index in [1.807, 2.05) is 31.2 Å². The van der Waals surface area contributed by atoms with Crippen LogP contribution in [0.25, 0.3) is 16.6 Å². The van der Waals surface area contributed by atoms with E-state index >= 15 is 0 Å². The van der Waals surface area contributed by atoms with Gasteiger partial charge in [0.2, 0.25) is 0 Å². The van der Waals surface area contributed by atoms with E-state index in [2.05, 4.69) is 4.98 Å². The van der Waals surface area contributed by atoms with Crippen molar-refractivity contribution < 1.29 is 4.74 Å². The minimum atomic E-state index is -0.333. The number of methoxy groups -OCH3 is 1. The molecule has 3 aromatic rings. The maximum absolute atomic E-state index is 12.6. The SMILES string of the molecule is CCSc1nc(=O)n(-c2ccc(Cl)cc2OC)c2ccccc12. The highest BCUT2D eigenvalue weighted by Gasteiger charge is 2.15. The summed E-state index contributed by atoms with van der Waals surface area (Å²) in [5, 5.41) is 2.24. The third-order valence-electron chi connectivity index (χ3n) is 3.43. The van der Waals surface area contributed by atoms with Crippen molar-refractivity contribution in [1.29, 1.82) is 0 Å². The number of thioether (sulfide) groups is 1. The molecule has 0 N–H and O–H groups in total. The molecule has 0 aliphatic rings. The van der Waals surface area contributed by atoms with Crippen molar-refractivity contribution in [2.24, 2.45) is 0 Å². The van der Waals surface area contributed by atoms with Gasteiger partial charge in [-0.05, 0) is 24.0 Å². The molecule has 3 rings (SSSR count). The standard InChI is InChI=1S/C17H15ClN2O2S/c1-3-23-16-12-6-4-5-7-13(12)20(17(21)19-16)14-9-8-11(18)10-15(14)22-2/h4-10H,3H2,1-2H3. The van der Waals surface area contributed by atoms with Gasteiger partial charge >= 0.3 is 5.69 Å². The highest BCUT2D eigenvalue weighted by atomic mass is 35.5. The lowest BCUT2D eigenvalue weighted by Crippen LogP contribution is -2.23.